The lowest BCUT2D eigenvalue weighted by Gasteiger charge is -2.11. The van der Waals surface area contributed by atoms with Crippen LogP contribution in [0.4, 0.5) is 11.4 Å². The van der Waals surface area contributed by atoms with Gasteiger partial charge in [-0.3, -0.25) is 0 Å². The van der Waals surface area contributed by atoms with Crippen molar-refractivity contribution in [3.63, 3.8) is 0 Å². The zero-order chi connectivity index (χ0) is 16.9. The molecule has 0 saturated heterocycles. The van der Waals surface area contributed by atoms with Crippen LogP contribution in [-0.2, 0) is 0 Å². The summed E-state index contributed by atoms with van der Waals surface area (Å²) >= 11 is 0. The van der Waals surface area contributed by atoms with Gasteiger partial charge in [0.05, 0.1) is 12.8 Å². The second-order valence-corrected chi connectivity index (χ2v) is 5.00. The van der Waals surface area contributed by atoms with Gasteiger partial charge in [-0.05, 0) is 30.3 Å². The monoisotopic (exact) mass is 323 g/mol. The van der Waals surface area contributed by atoms with Crippen molar-refractivity contribution >= 4 is 11.4 Å². The average molecular weight is 323 g/mol. The lowest BCUT2D eigenvalue weighted by molar-refractivity contribution is 0.390. The molecule has 0 aliphatic rings. The molecule has 0 radical (unpaired) electrons. The highest BCUT2D eigenvalue weighted by Crippen LogP contribution is 2.32. The van der Waals surface area contributed by atoms with E-state index < -0.39 is 0 Å². The molecule has 0 fully saturated rings. The summed E-state index contributed by atoms with van der Waals surface area (Å²) in [6, 6.07) is 17.7. The third-order valence-electron chi connectivity index (χ3n) is 3.20. The van der Waals surface area contributed by atoms with E-state index in [1.165, 1.54) is 0 Å². The van der Waals surface area contributed by atoms with Crippen LogP contribution < -0.4 is 25.7 Å². The van der Waals surface area contributed by atoms with E-state index in [1.807, 2.05) is 30.3 Å². The van der Waals surface area contributed by atoms with Crippen molar-refractivity contribution in [3.8, 4) is 29.0 Å². The molecule has 24 heavy (non-hydrogen) atoms. The topological polar surface area (TPSA) is 92.6 Å². The van der Waals surface area contributed by atoms with Gasteiger partial charge in [-0.15, -0.1) is 0 Å². The van der Waals surface area contributed by atoms with E-state index >= 15 is 0 Å². The molecule has 1 aromatic heterocycles. The van der Waals surface area contributed by atoms with Crippen molar-refractivity contribution in [2.45, 2.75) is 0 Å². The Kier molecular flexibility index (Phi) is 4.38. The Bertz CT molecular complexity index is 838. The van der Waals surface area contributed by atoms with Crippen molar-refractivity contribution < 1.29 is 14.2 Å². The summed E-state index contributed by atoms with van der Waals surface area (Å²) in [5, 5.41) is 0. The number of benzene rings is 2. The number of anilines is 2. The summed E-state index contributed by atoms with van der Waals surface area (Å²) < 4.78 is 16.7. The highest BCUT2D eigenvalue weighted by atomic mass is 16.5. The SMILES string of the molecule is COc1cc(Oc2ccccc2)nc(Oc2ccc(N)cc2N)c1. The van der Waals surface area contributed by atoms with Crippen LogP contribution in [0.15, 0.2) is 60.7 Å². The van der Waals surface area contributed by atoms with E-state index in [1.54, 1.807) is 37.4 Å². The normalized spacial score (nSPS) is 10.2. The second kappa shape index (κ2) is 6.78. The minimum absolute atomic E-state index is 0.303. The molecule has 0 atom stereocenters. The Labute approximate surface area is 139 Å². The van der Waals surface area contributed by atoms with Crippen molar-refractivity contribution in [2.24, 2.45) is 0 Å². The van der Waals surface area contributed by atoms with Crippen LogP contribution in [0.25, 0.3) is 0 Å². The van der Waals surface area contributed by atoms with E-state index in [0.717, 1.165) is 0 Å². The molecule has 0 aliphatic carbocycles. The van der Waals surface area contributed by atoms with E-state index in [-0.39, 0.29) is 0 Å². The fraction of sp³-hybridized carbons (Fsp3) is 0.0556. The van der Waals surface area contributed by atoms with Crippen molar-refractivity contribution in [1.29, 1.82) is 0 Å². The number of methoxy groups -OCH3 is 1. The summed E-state index contributed by atoms with van der Waals surface area (Å²) in [5.41, 5.74) is 12.6. The maximum absolute atomic E-state index is 5.91. The van der Waals surface area contributed by atoms with Crippen LogP contribution in [0.3, 0.4) is 0 Å². The molecular weight excluding hydrogens is 306 g/mol. The molecule has 4 N–H and O–H groups in total. The number of nitrogens with zero attached hydrogens (tertiary/aromatic N) is 1. The van der Waals surface area contributed by atoms with Gasteiger partial charge in [0.25, 0.3) is 0 Å². The largest absolute Gasteiger partial charge is 0.496 e. The average Bonchev–Trinajstić information content (AvgIpc) is 2.58. The number of nitrogen functional groups attached to an aromatic ring is 2. The molecule has 2 aromatic carbocycles. The summed E-state index contributed by atoms with van der Waals surface area (Å²) in [4.78, 5) is 4.32. The molecule has 0 bridgehead atoms. The Morgan fingerprint density at radius 2 is 1.50 bits per heavy atom. The third kappa shape index (κ3) is 3.67. The van der Waals surface area contributed by atoms with Gasteiger partial charge in [0, 0.05) is 17.8 Å². The predicted octanol–water partition coefficient (Wildman–Crippen LogP) is 3.84. The van der Waals surface area contributed by atoms with Crippen molar-refractivity contribution in [3.05, 3.63) is 60.7 Å². The molecule has 6 heteroatoms. The molecule has 122 valence electrons. The van der Waals surface area contributed by atoms with Gasteiger partial charge in [0.15, 0.2) is 5.75 Å². The molecular formula is C18H17N3O3. The van der Waals surface area contributed by atoms with Gasteiger partial charge >= 0.3 is 0 Å². The van der Waals surface area contributed by atoms with Gasteiger partial charge in [0.1, 0.15) is 11.5 Å². The van der Waals surface area contributed by atoms with Crippen LogP contribution in [0.2, 0.25) is 0 Å². The number of ether oxygens (including phenoxy) is 3. The van der Waals surface area contributed by atoms with E-state index in [2.05, 4.69) is 4.98 Å². The van der Waals surface area contributed by atoms with Crippen molar-refractivity contribution in [1.82, 2.24) is 4.98 Å². The molecule has 0 saturated carbocycles. The molecule has 0 spiro atoms. The molecule has 0 aliphatic heterocycles. The Morgan fingerprint density at radius 1 is 0.792 bits per heavy atom. The van der Waals surface area contributed by atoms with Gasteiger partial charge in [-0.2, -0.15) is 4.98 Å². The number of para-hydroxylation sites is 1. The van der Waals surface area contributed by atoms with Gasteiger partial charge in [-0.25, -0.2) is 0 Å². The summed E-state index contributed by atoms with van der Waals surface area (Å²) in [6.07, 6.45) is 0. The molecule has 0 unspecified atom stereocenters. The fourth-order valence-corrected chi connectivity index (χ4v) is 2.06. The highest BCUT2D eigenvalue weighted by Gasteiger charge is 2.09. The summed E-state index contributed by atoms with van der Waals surface area (Å²) in [5.74, 6) is 2.33. The number of aromatic nitrogens is 1. The van der Waals surface area contributed by atoms with Gasteiger partial charge in [-0.1, -0.05) is 18.2 Å². The maximum atomic E-state index is 5.91. The van der Waals surface area contributed by atoms with Crippen molar-refractivity contribution in [2.75, 3.05) is 18.6 Å². The van der Waals surface area contributed by atoms with Crippen LogP contribution in [-0.4, -0.2) is 12.1 Å². The first-order valence-corrected chi connectivity index (χ1v) is 7.26. The first-order chi connectivity index (χ1) is 11.6. The molecule has 0 amide bonds. The first-order valence-electron chi connectivity index (χ1n) is 7.26. The summed E-state index contributed by atoms with van der Waals surface area (Å²) in [6.45, 7) is 0. The van der Waals surface area contributed by atoms with E-state index in [9.17, 15) is 0 Å². The zero-order valence-corrected chi connectivity index (χ0v) is 13.1. The lowest BCUT2D eigenvalue weighted by atomic mass is 10.2. The van der Waals surface area contributed by atoms with E-state index in [0.29, 0.717) is 40.4 Å². The minimum atomic E-state index is 0.303. The molecule has 6 nitrogen and oxygen atoms in total. The Balaban J connectivity index is 1.88. The molecule has 3 rings (SSSR count). The Hall–Kier alpha value is -3.41. The fourth-order valence-electron chi connectivity index (χ4n) is 2.06. The third-order valence-corrected chi connectivity index (χ3v) is 3.20. The minimum Gasteiger partial charge on any atom is -0.496 e. The van der Waals surface area contributed by atoms with Crippen LogP contribution in [0, 0.1) is 0 Å². The smallest absolute Gasteiger partial charge is 0.226 e. The van der Waals surface area contributed by atoms with Gasteiger partial charge in [0.2, 0.25) is 11.8 Å². The predicted molar refractivity (Wildman–Crippen MR) is 92.6 cm³/mol. The number of hydrogen-bond acceptors (Lipinski definition) is 6. The highest BCUT2D eigenvalue weighted by molar-refractivity contribution is 5.61. The quantitative estimate of drug-likeness (QED) is 0.693. The maximum Gasteiger partial charge on any atom is 0.226 e. The van der Waals surface area contributed by atoms with Crippen LogP contribution >= 0.6 is 0 Å². The van der Waals surface area contributed by atoms with Crippen LogP contribution in [0.1, 0.15) is 0 Å². The summed E-state index contributed by atoms with van der Waals surface area (Å²) in [7, 11) is 1.56. The second-order valence-electron chi connectivity index (χ2n) is 5.00. The standard InChI is InChI=1S/C18H17N3O3/c1-22-14-10-17(23-13-5-3-2-4-6-13)21-18(11-14)24-16-8-7-12(19)9-15(16)20/h2-11H,19-20H2,1H3. The zero-order valence-electron chi connectivity index (χ0n) is 13.1. The lowest BCUT2D eigenvalue weighted by Crippen LogP contribution is -1.97. The van der Waals surface area contributed by atoms with E-state index in [4.69, 9.17) is 25.7 Å². The first kappa shape index (κ1) is 15.5. The number of rotatable bonds is 5. The number of pyridine rings is 1. The molecule has 1 heterocycles. The number of nitrogens with two attached hydrogens (primary N) is 2. The number of hydrogen-bond donors (Lipinski definition) is 2. The Morgan fingerprint density at radius 3 is 2.17 bits per heavy atom. The van der Waals surface area contributed by atoms with Gasteiger partial charge < -0.3 is 25.7 Å². The van der Waals surface area contributed by atoms with Crippen LogP contribution in [0.5, 0.6) is 29.0 Å². The molecule has 3 aromatic rings.